The largest absolute Gasteiger partial charge is 0.494 e. The summed E-state index contributed by atoms with van der Waals surface area (Å²) in [5, 5.41) is 7.20. The highest BCUT2D eigenvalue weighted by Gasteiger charge is 2.23. The highest BCUT2D eigenvalue weighted by Crippen LogP contribution is 2.30. The molecule has 1 aromatic carbocycles. The summed E-state index contributed by atoms with van der Waals surface area (Å²) in [6.45, 7) is 4.55. The monoisotopic (exact) mass is 438 g/mol. The molecule has 8 heteroatoms. The highest BCUT2D eigenvalue weighted by atomic mass is 32.1. The summed E-state index contributed by atoms with van der Waals surface area (Å²) in [6, 6.07) is 10.5. The number of carbonyl (C=O) groups excluding carboxylic acids is 1. The van der Waals surface area contributed by atoms with Crippen LogP contribution in [0, 0.1) is 12.7 Å². The van der Waals surface area contributed by atoms with Crippen LogP contribution in [0.3, 0.4) is 0 Å². The number of hydrogen-bond donors (Lipinski definition) is 0. The molecule has 31 heavy (non-hydrogen) atoms. The zero-order chi connectivity index (χ0) is 22.1. The fourth-order valence-electron chi connectivity index (χ4n) is 3.69. The van der Waals surface area contributed by atoms with Gasteiger partial charge in [0, 0.05) is 20.1 Å². The maximum absolute atomic E-state index is 14.2. The summed E-state index contributed by atoms with van der Waals surface area (Å²) in [6.07, 6.45) is 0. The molecule has 3 aromatic heterocycles. The number of rotatable bonds is 6. The normalized spacial score (nSPS) is 11.1. The van der Waals surface area contributed by atoms with Crippen LogP contribution < -0.4 is 4.74 Å². The summed E-state index contributed by atoms with van der Waals surface area (Å²) < 4.78 is 20.8. The summed E-state index contributed by atoms with van der Waals surface area (Å²) in [4.78, 5) is 21.1. The van der Waals surface area contributed by atoms with Crippen LogP contribution in [-0.2, 0) is 13.6 Å². The van der Waals surface area contributed by atoms with Crippen molar-refractivity contribution in [2.45, 2.75) is 20.4 Å². The SMILES string of the molecule is CCN(Cc1ccc(OC)c(F)c1)C(=O)c1cc(-c2cccs2)nc2c1c(C)nn2C. The average Bonchev–Trinajstić information content (AvgIpc) is 3.40. The van der Waals surface area contributed by atoms with Crippen LogP contribution in [0.2, 0.25) is 0 Å². The number of nitrogens with zero attached hydrogens (tertiary/aromatic N) is 4. The Morgan fingerprint density at radius 1 is 1.29 bits per heavy atom. The molecule has 4 rings (SSSR count). The zero-order valence-electron chi connectivity index (χ0n) is 17.8. The fourth-order valence-corrected chi connectivity index (χ4v) is 4.38. The quantitative estimate of drug-likeness (QED) is 0.433. The van der Waals surface area contributed by atoms with Crippen molar-refractivity contribution in [3.8, 4) is 16.3 Å². The van der Waals surface area contributed by atoms with Crippen LogP contribution in [0.25, 0.3) is 21.6 Å². The van der Waals surface area contributed by atoms with Crippen molar-refractivity contribution in [3.63, 3.8) is 0 Å². The van der Waals surface area contributed by atoms with E-state index in [1.165, 1.54) is 13.2 Å². The number of thiophene rings is 1. The lowest BCUT2D eigenvalue weighted by Gasteiger charge is -2.22. The number of hydrogen-bond acceptors (Lipinski definition) is 5. The molecule has 0 aliphatic heterocycles. The molecule has 0 spiro atoms. The smallest absolute Gasteiger partial charge is 0.255 e. The van der Waals surface area contributed by atoms with E-state index in [-0.39, 0.29) is 18.2 Å². The van der Waals surface area contributed by atoms with Gasteiger partial charge in [0.1, 0.15) is 0 Å². The molecule has 0 saturated heterocycles. The topological polar surface area (TPSA) is 60.2 Å². The number of aryl methyl sites for hydroxylation is 2. The number of carbonyl (C=O) groups is 1. The van der Waals surface area contributed by atoms with Crippen LogP contribution in [-0.4, -0.2) is 39.2 Å². The Hall–Kier alpha value is -3.26. The lowest BCUT2D eigenvalue weighted by Crippen LogP contribution is -2.30. The maximum Gasteiger partial charge on any atom is 0.255 e. The van der Waals surface area contributed by atoms with Crippen molar-refractivity contribution >= 4 is 28.3 Å². The molecule has 0 bridgehead atoms. The van der Waals surface area contributed by atoms with Gasteiger partial charge >= 0.3 is 0 Å². The van der Waals surface area contributed by atoms with Crippen molar-refractivity contribution in [2.75, 3.05) is 13.7 Å². The Balaban J connectivity index is 1.77. The van der Waals surface area contributed by atoms with Crippen LogP contribution in [0.5, 0.6) is 5.75 Å². The summed E-state index contributed by atoms with van der Waals surface area (Å²) in [5.74, 6) is -0.404. The Labute approximate surface area is 183 Å². The summed E-state index contributed by atoms with van der Waals surface area (Å²) >= 11 is 1.57. The zero-order valence-corrected chi connectivity index (χ0v) is 18.7. The number of ether oxygens (including phenoxy) is 1. The number of methoxy groups -OCH3 is 1. The van der Waals surface area contributed by atoms with Gasteiger partial charge in [0.25, 0.3) is 5.91 Å². The van der Waals surface area contributed by atoms with E-state index in [1.807, 2.05) is 44.5 Å². The first kappa shape index (κ1) is 21.0. The van der Waals surface area contributed by atoms with E-state index in [9.17, 15) is 9.18 Å². The molecular formula is C23H23FN4O2S. The van der Waals surface area contributed by atoms with Gasteiger partial charge in [-0.25, -0.2) is 9.37 Å². The maximum atomic E-state index is 14.2. The second-order valence-electron chi connectivity index (χ2n) is 7.23. The molecule has 0 atom stereocenters. The third kappa shape index (κ3) is 3.90. The third-order valence-electron chi connectivity index (χ3n) is 5.23. The van der Waals surface area contributed by atoms with Gasteiger partial charge in [-0.15, -0.1) is 11.3 Å². The Kier molecular flexibility index (Phi) is 5.73. The fraction of sp³-hybridized carbons (Fsp3) is 0.261. The molecule has 0 N–H and O–H groups in total. The second-order valence-corrected chi connectivity index (χ2v) is 8.18. The van der Waals surface area contributed by atoms with E-state index in [1.54, 1.807) is 33.1 Å². The average molecular weight is 439 g/mol. The predicted molar refractivity (Wildman–Crippen MR) is 120 cm³/mol. The van der Waals surface area contributed by atoms with E-state index < -0.39 is 5.82 Å². The molecule has 0 radical (unpaired) electrons. The lowest BCUT2D eigenvalue weighted by molar-refractivity contribution is 0.0754. The van der Waals surface area contributed by atoms with E-state index in [0.717, 1.165) is 21.7 Å². The number of aromatic nitrogens is 3. The van der Waals surface area contributed by atoms with E-state index in [0.29, 0.717) is 23.3 Å². The van der Waals surface area contributed by atoms with Gasteiger partial charge in [0.2, 0.25) is 0 Å². The second kappa shape index (κ2) is 8.47. The van der Waals surface area contributed by atoms with Crippen molar-refractivity contribution in [1.82, 2.24) is 19.7 Å². The molecule has 1 amide bonds. The van der Waals surface area contributed by atoms with Gasteiger partial charge in [-0.2, -0.15) is 5.10 Å². The number of pyridine rings is 1. The molecule has 6 nitrogen and oxygen atoms in total. The van der Waals surface area contributed by atoms with Crippen molar-refractivity contribution in [2.24, 2.45) is 7.05 Å². The Morgan fingerprint density at radius 2 is 2.10 bits per heavy atom. The predicted octanol–water partition coefficient (Wildman–Crippen LogP) is 4.82. The first-order chi connectivity index (χ1) is 14.9. The Morgan fingerprint density at radius 3 is 2.74 bits per heavy atom. The standard InChI is InChI=1S/C23H23FN4O2S/c1-5-28(13-15-8-9-19(30-4)17(24)11-15)23(29)16-12-18(20-7-6-10-31-20)25-22-21(16)14(2)26-27(22)3/h6-12H,5,13H2,1-4H3. The highest BCUT2D eigenvalue weighted by molar-refractivity contribution is 7.13. The first-order valence-corrected chi connectivity index (χ1v) is 10.8. The van der Waals surface area contributed by atoms with E-state index in [2.05, 4.69) is 5.10 Å². The molecule has 3 heterocycles. The lowest BCUT2D eigenvalue weighted by atomic mass is 10.1. The number of fused-ring (bicyclic) bond motifs is 1. The first-order valence-electron chi connectivity index (χ1n) is 9.92. The van der Waals surface area contributed by atoms with Crippen LogP contribution in [0.1, 0.15) is 28.5 Å². The number of benzene rings is 1. The summed E-state index contributed by atoms with van der Waals surface area (Å²) in [5.41, 5.74) is 3.39. The minimum atomic E-state index is -0.446. The minimum absolute atomic E-state index is 0.139. The van der Waals surface area contributed by atoms with Crippen molar-refractivity contribution in [1.29, 1.82) is 0 Å². The number of halogens is 1. The number of amides is 1. The molecule has 0 saturated carbocycles. The van der Waals surface area contributed by atoms with Crippen molar-refractivity contribution < 1.29 is 13.9 Å². The van der Waals surface area contributed by atoms with Gasteiger partial charge in [-0.3, -0.25) is 9.48 Å². The molecule has 0 unspecified atom stereocenters. The molecule has 0 aliphatic carbocycles. The summed E-state index contributed by atoms with van der Waals surface area (Å²) in [7, 11) is 3.25. The van der Waals surface area contributed by atoms with Gasteiger partial charge in [-0.05, 0) is 49.1 Å². The van der Waals surface area contributed by atoms with Gasteiger partial charge in [-0.1, -0.05) is 12.1 Å². The third-order valence-corrected chi connectivity index (χ3v) is 6.12. The van der Waals surface area contributed by atoms with Crippen molar-refractivity contribution in [3.05, 3.63) is 64.4 Å². The van der Waals surface area contributed by atoms with Gasteiger partial charge < -0.3 is 9.64 Å². The minimum Gasteiger partial charge on any atom is -0.494 e. The van der Waals surface area contributed by atoms with E-state index in [4.69, 9.17) is 9.72 Å². The van der Waals surface area contributed by atoms with E-state index >= 15 is 0 Å². The van der Waals surface area contributed by atoms with Crippen LogP contribution in [0.15, 0.2) is 41.8 Å². The molecule has 4 aromatic rings. The van der Waals surface area contributed by atoms with Gasteiger partial charge in [0.05, 0.1) is 34.3 Å². The molecule has 0 aliphatic rings. The molecule has 160 valence electrons. The molecule has 0 fully saturated rings. The van der Waals surface area contributed by atoms with Crippen LogP contribution >= 0.6 is 11.3 Å². The Bertz CT molecular complexity index is 1250. The van der Waals surface area contributed by atoms with Gasteiger partial charge in [0.15, 0.2) is 17.2 Å². The van der Waals surface area contributed by atoms with Crippen LogP contribution in [0.4, 0.5) is 4.39 Å². The molecular weight excluding hydrogens is 415 g/mol.